The zero-order valence-electron chi connectivity index (χ0n) is 12.0. The van der Waals surface area contributed by atoms with Crippen LogP contribution in [0, 0.1) is 0 Å². The first-order valence-electron chi connectivity index (χ1n) is 6.49. The van der Waals surface area contributed by atoms with E-state index in [1.54, 1.807) is 13.3 Å². The number of thiocarbonyl (C=S) groups is 1. The molecule has 0 spiro atoms. The number of nitrogens with zero attached hydrogens (tertiary/aromatic N) is 1. The molecule has 0 aliphatic rings. The topological polar surface area (TPSA) is 45.7 Å². The second-order valence-corrected chi connectivity index (χ2v) is 4.79. The predicted octanol–water partition coefficient (Wildman–Crippen LogP) is 1.27. The average Bonchev–Trinajstić information content (AvgIpc) is 2.50. The van der Waals surface area contributed by atoms with Gasteiger partial charge in [-0.3, -0.25) is 5.43 Å². The fraction of sp³-hybridized carbons (Fsp3) is 0.0667. The Labute approximate surface area is 130 Å². The summed E-state index contributed by atoms with van der Waals surface area (Å²) in [7, 11) is 3.65. The van der Waals surface area contributed by atoms with Gasteiger partial charge in [-0.15, -0.1) is 0 Å². The number of methoxy groups -OCH3 is 1. The summed E-state index contributed by atoms with van der Waals surface area (Å²) in [6.45, 7) is 0. The highest BCUT2D eigenvalue weighted by molar-refractivity contribution is 7.80. The maximum Gasteiger partial charge on any atom is 0.191 e. The van der Waals surface area contributed by atoms with Gasteiger partial charge in [0, 0.05) is 11.3 Å². The van der Waals surface area contributed by atoms with E-state index in [1.807, 2.05) is 56.4 Å². The number of hydrogen-bond acceptors (Lipinski definition) is 3. The Morgan fingerprint density at radius 3 is 2.67 bits per heavy atom. The van der Waals surface area contributed by atoms with Crippen LogP contribution in [0.4, 0.5) is 5.69 Å². The lowest BCUT2D eigenvalue weighted by Gasteiger charge is -2.09. The summed E-state index contributed by atoms with van der Waals surface area (Å²) in [5.41, 5.74) is 5.75. The van der Waals surface area contributed by atoms with Gasteiger partial charge >= 0.3 is 0 Å². The predicted molar refractivity (Wildman–Crippen MR) is 94.6 cm³/mol. The van der Waals surface area contributed by atoms with Crippen LogP contribution in [0.2, 0.25) is 0 Å². The van der Waals surface area contributed by atoms with E-state index in [1.165, 1.54) is 0 Å². The van der Waals surface area contributed by atoms with E-state index < -0.39 is 0 Å². The minimum absolute atomic E-state index is 0.440. The molecule has 0 aliphatic heterocycles. The van der Waals surface area contributed by atoms with Crippen molar-refractivity contribution in [1.29, 1.82) is 0 Å². The smallest absolute Gasteiger partial charge is 0.191 e. The van der Waals surface area contributed by atoms with E-state index in [4.69, 9.17) is 17.0 Å². The highest BCUT2D eigenvalue weighted by atomic mass is 32.1. The SMILES string of the molecule is Bc1ccccc1NC(=S)N/N=C/c1ccccc1OC. The van der Waals surface area contributed by atoms with E-state index in [0.717, 1.165) is 22.5 Å². The molecule has 0 heterocycles. The number of nitrogens with one attached hydrogen (secondary N) is 2. The molecule has 0 atom stereocenters. The largest absolute Gasteiger partial charge is 0.496 e. The maximum absolute atomic E-state index is 5.25. The molecule has 0 radical (unpaired) electrons. The first-order chi connectivity index (χ1) is 10.2. The molecule has 21 heavy (non-hydrogen) atoms. The molecule has 2 rings (SSSR count). The van der Waals surface area contributed by atoms with Crippen LogP contribution in [0.15, 0.2) is 53.6 Å². The van der Waals surface area contributed by atoms with Gasteiger partial charge in [0.15, 0.2) is 5.11 Å². The van der Waals surface area contributed by atoms with Crippen LogP contribution in [0.25, 0.3) is 0 Å². The quantitative estimate of drug-likeness (QED) is 0.386. The summed E-state index contributed by atoms with van der Waals surface area (Å²) in [5.74, 6) is 0.765. The summed E-state index contributed by atoms with van der Waals surface area (Å²) >= 11 is 5.21. The normalized spacial score (nSPS) is 10.3. The Morgan fingerprint density at radius 2 is 1.90 bits per heavy atom. The number of anilines is 1. The molecule has 0 aromatic heterocycles. The van der Waals surface area contributed by atoms with Crippen LogP contribution in [0.1, 0.15) is 5.56 Å². The van der Waals surface area contributed by atoms with Gasteiger partial charge in [0.25, 0.3) is 0 Å². The van der Waals surface area contributed by atoms with E-state index in [0.29, 0.717) is 5.11 Å². The molecule has 0 saturated heterocycles. The van der Waals surface area contributed by atoms with Crippen molar-refractivity contribution in [2.24, 2.45) is 5.10 Å². The van der Waals surface area contributed by atoms with E-state index in [-0.39, 0.29) is 0 Å². The zero-order chi connectivity index (χ0) is 15.1. The Balaban J connectivity index is 1.95. The third kappa shape index (κ3) is 4.32. The van der Waals surface area contributed by atoms with Gasteiger partial charge in [-0.25, -0.2) is 0 Å². The summed E-state index contributed by atoms with van der Waals surface area (Å²) in [4.78, 5) is 0. The molecule has 6 heteroatoms. The summed E-state index contributed by atoms with van der Waals surface area (Å²) in [5, 5.41) is 7.66. The van der Waals surface area contributed by atoms with Crippen molar-refractivity contribution in [3.8, 4) is 5.75 Å². The second kappa shape index (κ2) is 7.45. The molecule has 4 nitrogen and oxygen atoms in total. The van der Waals surface area contributed by atoms with Crippen molar-refractivity contribution < 1.29 is 4.74 Å². The van der Waals surface area contributed by atoms with Crippen LogP contribution >= 0.6 is 12.2 Å². The molecular formula is C15H16BN3OS. The lowest BCUT2D eigenvalue weighted by atomic mass is 9.94. The number of hydrazone groups is 1. The van der Waals surface area contributed by atoms with E-state index in [2.05, 4.69) is 15.8 Å². The fourth-order valence-electron chi connectivity index (χ4n) is 1.80. The molecule has 106 valence electrons. The van der Waals surface area contributed by atoms with Gasteiger partial charge in [0.1, 0.15) is 13.6 Å². The molecule has 0 aliphatic carbocycles. The molecule has 2 aromatic carbocycles. The van der Waals surface area contributed by atoms with Crippen LogP contribution in [-0.2, 0) is 0 Å². The van der Waals surface area contributed by atoms with Gasteiger partial charge in [0.2, 0.25) is 0 Å². The van der Waals surface area contributed by atoms with E-state index >= 15 is 0 Å². The van der Waals surface area contributed by atoms with Crippen LogP contribution in [-0.4, -0.2) is 26.3 Å². The third-order valence-corrected chi connectivity index (χ3v) is 3.10. The summed E-state index contributed by atoms with van der Waals surface area (Å²) < 4.78 is 5.25. The monoisotopic (exact) mass is 297 g/mol. The Bertz CT molecular complexity index is 661. The molecule has 0 bridgehead atoms. The summed E-state index contributed by atoms with van der Waals surface area (Å²) in [6.07, 6.45) is 1.67. The lowest BCUT2D eigenvalue weighted by molar-refractivity contribution is 0.414. The van der Waals surface area contributed by atoms with Crippen molar-refractivity contribution >= 4 is 42.5 Å². The average molecular weight is 297 g/mol. The molecule has 0 unspecified atom stereocenters. The lowest BCUT2D eigenvalue weighted by Crippen LogP contribution is -2.26. The molecular weight excluding hydrogens is 281 g/mol. The standard InChI is InChI=1S/C15H16BN3OS/c1-20-14-9-5-2-6-11(14)10-17-19-15(21)18-13-8-4-3-7-12(13)16/h2-10H,16H2,1H3,(H2,18,19,21)/b17-10+. The van der Waals surface area contributed by atoms with Crippen LogP contribution in [0.3, 0.4) is 0 Å². The van der Waals surface area contributed by atoms with Crippen molar-refractivity contribution in [3.05, 3.63) is 54.1 Å². The second-order valence-electron chi connectivity index (χ2n) is 4.38. The van der Waals surface area contributed by atoms with Crippen LogP contribution in [0.5, 0.6) is 5.75 Å². The number of ether oxygens (including phenoxy) is 1. The fourth-order valence-corrected chi connectivity index (χ4v) is 1.96. The zero-order valence-corrected chi connectivity index (χ0v) is 12.8. The highest BCUT2D eigenvalue weighted by Gasteiger charge is 2.00. The number of benzene rings is 2. The molecule has 0 amide bonds. The first kappa shape index (κ1) is 15.1. The minimum Gasteiger partial charge on any atom is -0.496 e. The van der Waals surface area contributed by atoms with Gasteiger partial charge in [-0.1, -0.05) is 35.8 Å². The molecule has 2 N–H and O–H groups in total. The molecule has 2 aromatic rings. The summed E-state index contributed by atoms with van der Waals surface area (Å²) in [6, 6.07) is 15.6. The van der Waals surface area contributed by atoms with Crippen molar-refractivity contribution in [2.75, 3.05) is 12.4 Å². The maximum atomic E-state index is 5.25. The van der Waals surface area contributed by atoms with Crippen molar-refractivity contribution in [2.45, 2.75) is 0 Å². The first-order valence-corrected chi connectivity index (χ1v) is 6.90. The van der Waals surface area contributed by atoms with Gasteiger partial charge < -0.3 is 10.1 Å². The van der Waals surface area contributed by atoms with Crippen molar-refractivity contribution in [3.63, 3.8) is 0 Å². The highest BCUT2D eigenvalue weighted by Crippen LogP contribution is 2.14. The molecule has 0 fully saturated rings. The number of para-hydroxylation sites is 2. The van der Waals surface area contributed by atoms with E-state index in [9.17, 15) is 0 Å². The van der Waals surface area contributed by atoms with Gasteiger partial charge in [-0.05, 0) is 30.4 Å². The third-order valence-electron chi connectivity index (χ3n) is 2.90. The Morgan fingerprint density at radius 1 is 1.19 bits per heavy atom. The van der Waals surface area contributed by atoms with Crippen LogP contribution < -0.4 is 20.9 Å². The number of hydrogen-bond donors (Lipinski definition) is 2. The Hall–Kier alpha value is -2.34. The Kier molecular flexibility index (Phi) is 5.34. The molecule has 0 saturated carbocycles. The van der Waals surface area contributed by atoms with Crippen molar-refractivity contribution in [1.82, 2.24) is 5.43 Å². The minimum atomic E-state index is 0.440. The van der Waals surface area contributed by atoms with Gasteiger partial charge in [-0.2, -0.15) is 5.10 Å². The van der Waals surface area contributed by atoms with Gasteiger partial charge in [0.05, 0.1) is 13.3 Å². The number of rotatable bonds is 4.